The molecule has 0 unspecified atom stereocenters. The lowest BCUT2D eigenvalue weighted by Crippen LogP contribution is -2.33. The average Bonchev–Trinajstić information content (AvgIpc) is 3.16. The average molecular weight is 495 g/mol. The molecule has 0 bridgehead atoms. The van der Waals surface area contributed by atoms with Crippen LogP contribution in [0.4, 0.5) is 5.82 Å². The molecule has 1 aliphatic heterocycles. The molecule has 1 aromatic carbocycles. The molecule has 1 saturated carbocycles. The summed E-state index contributed by atoms with van der Waals surface area (Å²) in [5, 5.41) is 10.3. The van der Waals surface area contributed by atoms with Crippen molar-refractivity contribution in [3.8, 4) is 17.2 Å². The Morgan fingerprint density at radius 1 is 1.29 bits per heavy atom. The van der Waals surface area contributed by atoms with Gasteiger partial charge in [-0.3, -0.25) is 9.29 Å². The molecule has 11 nitrogen and oxygen atoms in total. The molecule has 2 N–H and O–H groups in total. The summed E-state index contributed by atoms with van der Waals surface area (Å²) in [6.07, 6.45) is 4.94. The van der Waals surface area contributed by atoms with Crippen molar-refractivity contribution in [1.82, 2.24) is 19.5 Å². The molecule has 180 valence electrons. The molecular weight excluding hydrogens is 472 g/mol. The smallest absolute Gasteiger partial charge is 0.236 e. The highest BCUT2D eigenvalue weighted by molar-refractivity contribution is 7.93. The van der Waals surface area contributed by atoms with E-state index in [0.717, 1.165) is 6.42 Å². The van der Waals surface area contributed by atoms with Gasteiger partial charge in [0.05, 0.1) is 31.2 Å². The highest BCUT2D eigenvalue weighted by Crippen LogP contribution is 2.37. The van der Waals surface area contributed by atoms with Crippen molar-refractivity contribution >= 4 is 38.7 Å². The normalized spacial score (nSPS) is 15.5. The van der Waals surface area contributed by atoms with E-state index < -0.39 is 15.3 Å². The summed E-state index contributed by atoms with van der Waals surface area (Å²) in [7, 11) is -2.13. The predicted octanol–water partition coefficient (Wildman–Crippen LogP) is 2.92. The SMILES string of the molecule is CCOC1=NC(c2nc3ncc(NS(=O)(=O)C4CCC4)nc3n2-c2c(O)cccc2OC)=C=C=C1. The van der Waals surface area contributed by atoms with Crippen LogP contribution in [0.25, 0.3) is 22.7 Å². The fraction of sp³-hybridized carbons (Fsp3) is 0.304. The van der Waals surface area contributed by atoms with E-state index in [0.29, 0.717) is 31.1 Å². The number of phenolic OH excluding ortho intramolecular Hbond substituents is 1. The van der Waals surface area contributed by atoms with E-state index in [2.05, 4.69) is 36.1 Å². The third-order valence-electron chi connectivity index (χ3n) is 5.64. The summed E-state index contributed by atoms with van der Waals surface area (Å²) in [5.74, 6) is 0.809. The van der Waals surface area contributed by atoms with Crippen molar-refractivity contribution in [1.29, 1.82) is 0 Å². The summed E-state index contributed by atoms with van der Waals surface area (Å²) in [6.45, 7) is 2.24. The van der Waals surface area contributed by atoms with Gasteiger partial charge in [-0.1, -0.05) is 18.2 Å². The first-order chi connectivity index (χ1) is 16.9. The van der Waals surface area contributed by atoms with Crippen molar-refractivity contribution in [2.75, 3.05) is 18.4 Å². The van der Waals surface area contributed by atoms with Gasteiger partial charge < -0.3 is 14.6 Å². The first kappa shape index (κ1) is 22.7. The topological polar surface area (TPSA) is 141 Å². The van der Waals surface area contributed by atoms with Crippen molar-refractivity contribution in [2.45, 2.75) is 31.4 Å². The monoisotopic (exact) mass is 494 g/mol. The van der Waals surface area contributed by atoms with E-state index in [1.807, 2.05) is 6.92 Å². The molecular formula is C23H22N6O5S. The second-order valence-electron chi connectivity index (χ2n) is 7.85. The maximum atomic E-state index is 12.7. The van der Waals surface area contributed by atoms with Crippen molar-refractivity contribution in [3.63, 3.8) is 0 Å². The van der Waals surface area contributed by atoms with Crippen molar-refractivity contribution in [2.24, 2.45) is 4.99 Å². The van der Waals surface area contributed by atoms with Gasteiger partial charge in [0, 0.05) is 0 Å². The lowest BCUT2D eigenvalue weighted by atomic mass is 10.0. The summed E-state index contributed by atoms with van der Waals surface area (Å²) in [6, 6.07) is 4.79. The molecule has 0 spiro atoms. The van der Waals surface area contributed by atoms with Crippen LogP contribution in [0.15, 0.2) is 46.9 Å². The van der Waals surface area contributed by atoms with Crippen LogP contribution < -0.4 is 9.46 Å². The molecule has 2 aliphatic rings. The minimum atomic E-state index is -3.60. The van der Waals surface area contributed by atoms with Crippen LogP contribution in [-0.2, 0) is 14.8 Å². The third-order valence-corrected chi connectivity index (χ3v) is 7.48. The number of methoxy groups -OCH3 is 1. The van der Waals surface area contributed by atoms with E-state index in [1.54, 1.807) is 18.2 Å². The lowest BCUT2D eigenvalue weighted by molar-refractivity contribution is 0.330. The molecule has 0 saturated heterocycles. The summed E-state index contributed by atoms with van der Waals surface area (Å²) in [5.41, 5.74) is 6.64. The number of aliphatic imine (C=N–C) groups is 1. The zero-order valence-electron chi connectivity index (χ0n) is 19.0. The summed E-state index contributed by atoms with van der Waals surface area (Å²) in [4.78, 5) is 17.8. The minimum absolute atomic E-state index is 0.0399. The largest absolute Gasteiger partial charge is 0.506 e. The molecule has 0 atom stereocenters. The maximum absolute atomic E-state index is 12.7. The standard InChI is InChI=1S/C23H22N6O5S/c1-3-34-19-12-5-9-15(25-19)22-27-21-23(29(22)20-16(30)10-6-11-17(20)33-2)26-18(13-24-21)28-35(31,32)14-7-4-8-14/h6,10-14,30H,3-4,7-8H2,1-2H3,(H,26,28). The van der Waals surface area contributed by atoms with Gasteiger partial charge in [0.15, 0.2) is 28.6 Å². The third kappa shape index (κ3) is 4.15. The molecule has 5 rings (SSSR count). The lowest BCUT2D eigenvalue weighted by Gasteiger charge is -2.25. The Kier molecular flexibility index (Phi) is 5.78. The fourth-order valence-electron chi connectivity index (χ4n) is 3.75. The molecule has 1 fully saturated rings. The number of hydrogen-bond donors (Lipinski definition) is 2. The minimum Gasteiger partial charge on any atom is -0.506 e. The van der Waals surface area contributed by atoms with Gasteiger partial charge in [-0.25, -0.2) is 28.4 Å². The van der Waals surface area contributed by atoms with E-state index >= 15 is 0 Å². The van der Waals surface area contributed by atoms with Crippen LogP contribution in [-0.4, -0.2) is 57.9 Å². The quantitative estimate of drug-likeness (QED) is 0.478. The number of aromatic hydroxyl groups is 1. The number of sulfonamides is 1. The highest BCUT2D eigenvalue weighted by Gasteiger charge is 2.32. The molecule has 0 radical (unpaired) electrons. The van der Waals surface area contributed by atoms with Gasteiger partial charge in [0.25, 0.3) is 0 Å². The van der Waals surface area contributed by atoms with Gasteiger partial charge in [-0.15, -0.1) is 0 Å². The van der Waals surface area contributed by atoms with Crippen LogP contribution in [0.5, 0.6) is 11.5 Å². The van der Waals surface area contributed by atoms with E-state index in [4.69, 9.17) is 9.47 Å². The number of imidazole rings is 1. The van der Waals surface area contributed by atoms with Gasteiger partial charge in [0.2, 0.25) is 15.9 Å². The Bertz CT molecular complexity index is 1560. The number of anilines is 1. The number of nitrogens with zero attached hydrogens (tertiary/aromatic N) is 5. The molecule has 12 heteroatoms. The Labute approximate surface area is 201 Å². The molecule has 3 heterocycles. The predicted molar refractivity (Wildman–Crippen MR) is 129 cm³/mol. The Balaban J connectivity index is 1.73. The second kappa shape index (κ2) is 8.92. The zero-order valence-corrected chi connectivity index (χ0v) is 19.8. The number of phenols is 1. The van der Waals surface area contributed by atoms with Crippen LogP contribution >= 0.6 is 0 Å². The number of nitrogens with one attached hydrogen (secondary N) is 1. The highest BCUT2D eigenvalue weighted by atomic mass is 32.2. The van der Waals surface area contributed by atoms with E-state index in [1.165, 1.54) is 23.9 Å². The fourth-order valence-corrected chi connectivity index (χ4v) is 5.26. The van der Waals surface area contributed by atoms with Crippen LogP contribution in [0.2, 0.25) is 0 Å². The van der Waals surface area contributed by atoms with Crippen LogP contribution in [0.3, 0.4) is 0 Å². The maximum Gasteiger partial charge on any atom is 0.236 e. The van der Waals surface area contributed by atoms with E-state index in [9.17, 15) is 13.5 Å². The van der Waals surface area contributed by atoms with E-state index in [-0.39, 0.29) is 40.1 Å². The summed E-state index contributed by atoms with van der Waals surface area (Å²) >= 11 is 0. The molecule has 2 aromatic heterocycles. The first-order valence-corrected chi connectivity index (χ1v) is 12.5. The number of para-hydroxylation sites is 1. The number of aromatic nitrogens is 4. The van der Waals surface area contributed by atoms with Gasteiger partial charge in [-0.05, 0) is 37.6 Å². The van der Waals surface area contributed by atoms with Gasteiger partial charge in [0.1, 0.15) is 17.2 Å². The van der Waals surface area contributed by atoms with Crippen LogP contribution in [0.1, 0.15) is 32.0 Å². The molecule has 0 amide bonds. The molecule has 3 aromatic rings. The number of rotatable bonds is 7. The second-order valence-corrected chi connectivity index (χ2v) is 9.81. The molecule has 35 heavy (non-hydrogen) atoms. The number of hydrogen-bond acceptors (Lipinski definition) is 9. The number of fused-ring (bicyclic) bond motifs is 1. The number of benzene rings is 1. The number of ether oxygens (including phenoxy) is 2. The van der Waals surface area contributed by atoms with Crippen LogP contribution in [0, 0.1) is 0 Å². The van der Waals surface area contributed by atoms with Crippen molar-refractivity contribution < 1.29 is 23.0 Å². The van der Waals surface area contributed by atoms with Gasteiger partial charge in [-0.2, -0.15) is 0 Å². The Morgan fingerprint density at radius 2 is 2.11 bits per heavy atom. The summed E-state index contributed by atoms with van der Waals surface area (Å²) < 4.78 is 40.3. The van der Waals surface area contributed by atoms with Gasteiger partial charge >= 0.3 is 0 Å². The van der Waals surface area contributed by atoms with Crippen molar-refractivity contribution in [3.05, 3.63) is 47.8 Å². The molecule has 1 aliphatic carbocycles. The Morgan fingerprint density at radius 3 is 2.83 bits per heavy atom. The Hall–Kier alpha value is -4.11. The first-order valence-electron chi connectivity index (χ1n) is 11.0. The zero-order chi connectivity index (χ0) is 24.6.